The van der Waals surface area contributed by atoms with Gasteiger partial charge in [-0.05, 0) is 56.2 Å². The highest BCUT2D eigenvalue weighted by Crippen LogP contribution is 2.43. The molecule has 1 saturated carbocycles. The first kappa shape index (κ1) is 12.4. The predicted molar refractivity (Wildman–Crippen MR) is 80.4 cm³/mol. The SMILES string of the molecule is Cc1ccc(C(C)NC(c2cccs2)C2CC2)s1. The third-order valence-corrected chi connectivity index (χ3v) is 5.70. The lowest BCUT2D eigenvalue weighted by Gasteiger charge is -2.21. The van der Waals surface area contributed by atoms with Gasteiger partial charge in [0.25, 0.3) is 0 Å². The second-order valence-corrected chi connectivity index (χ2v) is 7.47. The van der Waals surface area contributed by atoms with E-state index in [1.165, 1.54) is 27.5 Å². The molecule has 0 bridgehead atoms. The number of hydrogen-bond acceptors (Lipinski definition) is 3. The van der Waals surface area contributed by atoms with Crippen molar-refractivity contribution in [3.63, 3.8) is 0 Å². The van der Waals surface area contributed by atoms with E-state index < -0.39 is 0 Å². The van der Waals surface area contributed by atoms with Crippen LogP contribution < -0.4 is 5.32 Å². The summed E-state index contributed by atoms with van der Waals surface area (Å²) >= 11 is 3.79. The second kappa shape index (κ2) is 5.16. The molecule has 96 valence electrons. The molecule has 2 unspecified atom stereocenters. The minimum Gasteiger partial charge on any atom is -0.302 e. The van der Waals surface area contributed by atoms with Gasteiger partial charge in [-0.15, -0.1) is 22.7 Å². The molecule has 0 aromatic carbocycles. The van der Waals surface area contributed by atoms with E-state index >= 15 is 0 Å². The lowest BCUT2D eigenvalue weighted by molar-refractivity contribution is 0.436. The quantitative estimate of drug-likeness (QED) is 0.818. The smallest absolute Gasteiger partial charge is 0.0448 e. The topological polar surface area (TPSA) is 12.0 Å². The molecule has 0 amide bonds. The summed E-state index contributed by atoms with van der Waals surface area (Å²) in [6.45, 7) is 4.47. The van der Waals surface area contributed by atoms with Gasteiger partial charge >= 0.3 is 0 Å². The Morgan fingerprint density at radius 2 is 2.06 bits per heavy atom. The fourth-order valence-electron chi connectivity index (χ4n) is 2.39. The molecule has 3 heteroatoms. The van der Waals surface area contributed by atoms with Gasteiger partial charge in [-0.3, -0.25) is 0 Å². The lowest BCUT2D eigenvalue weighted by Crippen LogP contribution is -2.25. The second-order valence-electron chi connectivity index (χ2n) is 5.17. The van der Waals surface area contributed by atoms with Crippen molar-refractivity contribution in [2.75, 3.05) is 0 Å². The van der Waals surface area contributed by atoms with Crippen LogP contribution in [0.3, 0.4) is 0 Å². The summed E-state index contributed by atoms with van der Waals surface area (Å²) in [6.07, 6.45) is 2.76. The predicted octanol–water partition coefficient (Wildman–Crippen LogP) is 4.92. The van der Waals surface area contributed by atoms with Crippen LogP contribution in [0.1, 0.15) is 46.5 Å². The van der Waals surface area contributed by atoms with E-state index in [4.69, 9.17) is 0 Å². The van der Waals surface area contributed by atoms with Gasteiger partial charge in [0, 0.05) is 26.7 Å². The van der Waals surface area contributed by atoms with Crippen LogP contribution >= 0.6 is 22.7 Å². The first-order valence-electron chi connectivity index (χ1n) is 6.60. The van der Waals surface area contributed by atoms with E-state index in [-0.39, 0.29) is 0 Å². The Bertz CT molecular complexity index is 496. The number of aryl methyl sites for hydroxylation is 1. The number of hydrogen-bond donors (Lipinski definition) is 1. The summed E-state index contributed by atoms with van der Waals surface area (Å²) in [4.78, 5) is 4.35. The summed E-state index contributed by atoms with van der Waals surface area (Å²) < 4.78 is 0. The molecule has 2 heterocycles. The van der Waals surface area contributed by atoms with Gasteiger partial charge < -0.3 is 5.32 Å². The largest absolute Gasteiger partial charge is 0.302 e. The van der Waals surface area contributed by atoms with Crippen molar-refractivity contribution in [2.45, 2.75) is 38.8 Å². The molecular formula is C15H19NS2. The van der Waals surface area contributed by atoms with Gasteiger partial charge in [0.2, 0.25) is 0 Å². The zero-order valence-electron chi connectivity index (χ0n) is 10.8. The molecule has 0 radical (unpaired) electrons. The van der Waals surface area contributed by atoms with Crippen molar-refractivity contribution in [3.05, 3.63) is 44.3 Å². The van der Waals surface area contributed by atoms with Crippen LogP contribution in [0.2, 0.25) is 0 Å². The molecule has 0 aliphatic heterocycles. The van der Waals surface area contributed by atoms with Crippen LogP contribution in [0.4, 0.5) is 0 Å². The van der Waals surface area contributed by atoms with Crippen LogP contribution in [0, 0.1) is 12.8 Å². The van der Waals surface area contributed by atoms with Crippen LogP contribution in [-0.2, 0) is 0 Å². The molecule has 1 fully saturated rings. The Balaban J connectivity index is 1.73. The minimum atomic E-state index is 0.455. The normalized spacial score (nSPS) is 18.8. The van der Waals surface area contributed by atoms with Gasteiger partial charge in [-0.25, -0.2) is 0 Å². The Morgan fingerprint density at radius 3 is 2.61 bits per heavy atom. The van der Waals surface area contributed by atoms with Gasteiger partial charge in [0.05, 0.1) is 0 Å². The van der Waals surface area contributed by atoms with Gasteiger partial charge in [-0.2, -0.15) is 0 Å². The molecule has 1 nitrogen and oxygen atoms in total. The van der Waals surface area contributed by atoms with Gasteiger partial charge in [-0.1, -0.05) is 6.07 Å². The molecule has 3 rings (SSSR count). The fourth-order valence-corrected chi connectivity index (χ4v) is 4.15. The van der Waals surface area contributed by atoms with Crippen LogP contribution in [-0.4, -0.2) is 0 Å². The van der Waals surface area contributed by atoms with Gasteiger partial charge in [0.1, 0.15) is 0 Å². The molecule has 18 heavy (non-hydrogen) atoms. The number of thiophene rings is 2. The molecule has 0 saturated heterocycles. The number of rotatable bonds is 5. The monoisotopic (exact) mass is 277 g/mol. The minimum absolute atomic E-state index is 0.455. The van der Waals surface area contributed by atoms with Gasteiger partial charge in [0.15, 0.2) is 0 Å². The molecule has 2 atom stereocenters. The van der Waals surface area contributed by atoms with Crippen LogP contribution in [0.15, 0.2) is 29.6 Å². The zero-order valence-corrected chi connectivity index (χ0v) is 12.5. The summed E-state index contributed by atoms with van der Waals surface area (Å²) in [5.41, 5.74) is 0. The average molecular weight is 277 g/mol. The van der Waals surface area contributed by atoms with E-state index in [2.05, 4.69) is 48.8 Å². The first-order chi connectivity index (χ1) is 8.74. The van der Waals surface area contributed by atoms with Crippen LogP contribution in [0.5, 0.6) is 0 Å². The van der Waals surface area contributed by atoms with Crippen molar-refractivity contribution < 1.29 is 0 Å². The standard InChI is InChI=1S/C15H19NS2/c1-10-5-8-13(18-10)11(2)16-15(12-6-7-12)14-4-3-9-17-14/h3-5,8-9,11-12,15-16H,6-7H2,1-2H3. The Kier molecular flexibility index (Phi) is 3.55. The Hall–Kier alpha value is -0.640. The maximum absolute atomic E-state index is 3.83. The van der Waals surface area contributed by atoms with E-state index in [9.17, 15) is 0 Å². The number of nitrogens with one attached hydrogen (secondary N) is 1. The third-order valence-electron chi connectivity index (χ3n) is 3.56. The van der Waals surface area contributed by atoms with E-state index in [0.29, 0.717) is 12.1 Å². The molecule has 1 aliphatic rings. The van der Waals surface area contributed by atoms with E-state index in [1.807, 2.05) is 22.7 Å². The first-order valence-corrected chi connectivity index (χ1v) is 8.29. The van der Waals surface area contributed by atoms with Crippen LogP contribution in [0.25, 0.3) is 0 Å². The van der Waals surface area contributed by atoms with E-state index in [1.54, 1.807) is 0 Å². The molecule has 0 spiro atoms. The Morgan fingerprint density at radius 1 is 1.22 bits per heavy atom. The molecular weight excluding hydrogens is 258 g/mol. The van der Waals surface area contributed by atoms with Crippen molar-refractivity contribution in [3.8, 4) is 0 Å². The highest BCUT2D eigenvalue weighted by Gasteiger charge is 2.33. The maximum atomic E-state index is 3.83. The summed E-state index contributed by atoms with van der Waals surface area (Å²) in [6, 6.07) is 9.93. The zero-order chi connectivity index (χ0) is 12.5. The molecule has 1 aliphatic carbocycles. The molecule has 2 aromatic heterocycles. The highest BCUT2D eigenvalue weighted by molar-refractivity contribution is 7.12. The maximum Gasteiger partial charge on any atom is 0.0448 e. The Labute approximate surface area is 117 Å². The molecule has 2 aromatic rings. The third kappa shape index (κ3) is 2.68. The lowest BCUT2D eigenvalue weighted by atomic mass is 10.1. The molecule has 1 N–H and O–H groups in total. The van der Waals surface area contributed by atoms with Crippen molar-refractivity contribution >= 4 is 22.7 Å². The van der Waals surface area contributed by atoms with Crippen molar-refractivity contribution in [2.24, 2.45) is 5.92 Å². The summed E-state index contributed by atoms with van der Waals surface area (Å²) in [5, 5.41) is 6.02. The van der Waals surface area contributed by atoms with E-state index in [0.717, 1.165) is 5.92 Å². The summed E-state index contributed by atoms with van der Waals surface area (Å²) in [7, 11) is 0. The average Bonchev–Trinajstić information content (AvgIpc) is 2.88. The van der Waals surface area contributed by atoms with Crippen molar-refractivity contribution in [1.82, 2.24) is 5.32 Å². The highest BCUT2D eigenvalue weighted by atomic mass is 32.1. The summed E-state index contributed by atoms with van der Waals surface area (Å²) in [5.74, 6) is 0.854. The fraction of sp³-hybridized carbons (Fsp3) is 0.467. The van der Waals surface area contributed by atoms with Crippen molar-refractivity contribution in [1.29, 1.82) is 0 Å².